The van der Waals surface area contributed by atoms with E-state index in [0.29, 0.717) is 16.3 Å². The number of nitrogen functional groups attached to an aromatic ring is 1. The van der Waals surface area contributed by atoms with Gasteiger partial charge in [-0.25, -0.2) is 0 Å². The van der Waals surface area contributed by atoms with Gasteiger partial charge in [0.15, 0.2) is 0 Å². The third kappa shape index (κ3) is 3.20. The number of hydrogen-bond acceptors (Lipinski definition) is 1. The summed E-state index contributed by atoms with van der Waals surface area (Å²) in [5.41, 5.74) is 6.32. The molecule has 1 nitrogen and oxygen atoms in total. The van der Waals surface area contributed by atoms with Crippen molar-refractivity contribution >= 4 is 17.3 Å². The van der Waals surface area contributed by atoms with Crippen LogP contribution in [0, 0.1) is 0 Å². The normalized spacial score (nSPS) is 11.6. The lowest BCUT2D eigenvalue weighted by Crippen LogP contribution is -2.09. The van der Waals surface area contributed by atoms with Gasteiger partial charge in [-0.05, 0) is 35.4 Å². The van der Waals surface area contributed by atoms with E-state index >= 15 is 0 Å². The zero-order valence-electron chi connectivity index (χ0n) is 9.84. The quantitative estimate of drug-likeness (QED) is 0.806. The molecule has 0 aromatic heterocycles. The van der Waals surface area contributed by atoms with Crippen LogP contribution in [-0.2, 0) is 12.6 Å². The average Bonchev–Trinajstić information content (AvgIpc) is 2.33. The van der Waals surface area contributed by atoms with Crippen molar-refractivity contribution in [2.45, 2.75) is 12.6 Å². The molecule has 0 radical (unpaired) electrons. The van der Waals surface area contributed by atoms with Gasteiger partial charge in [0.05, 0.1) is 5.56 Å². The highest BCUT2D eigenvalue weighted by molar-refractivity contribution is 6.30. The minimum atomic E-state index is -4.37. The van der Waals surface area contributed by atoms with Crippen molar-refractivity contribution < 1.29 is 13.2 Å². The van der Waals surface area contributed by atoms with E-state index in [1.54, 1.807) is 24.3 Å². The number of halogens is 4. The monoisotopic (exact) mass is 285 g/mol. The molecule has 2 rings (SSSR count). The third-order valence-corrected chi connectivity index (χ3v) is 3.04. The summed E-state index contributed by atoms with van der Waals surface area (Å²) in [5, 5.41) is 0.452. The predicted molar refractivity (Wildman–Crippen MR) is 70.1 cm³/mol. The Balaban J connectivity index is 2.41. The molecular weight excluding hydrogens is 275 g/mol. The lowest BCUT2D eigenvalue weighted by Gasteiger charge is -2.13. The van der Waals surface area contributed by atoms with Crippen LogP contribution in [0.2, 0.25) is 5.02 Å². The van der Waals surface area contributed by atoms with Crippen molar-refractivity contribution in [3.8, 4) is 0 Å². The highest BCUT2D eigenvalue weighted by Crippen LogP contribution is 2.33. The Labute approximate surface area is 113 Å². The molecule has 0 aliphatic heterocycles. The number of rotatable bonds is 2. The standard InChI is InChI=1S/C14H11ClF3N/c15-11-5-6-13(19)10(8-11)7-9-3-1-2-4-12(9)14(16,17)18/h1-6,8H,7,19H2. The van der Waals surface area contributed by atoms with Crippen LogP contribution in [0.15, 0.2) is 42.5 Å². The number of anilines is 1. The molecule has 0 fully saturated rings. The summed E-state index contributed by atoms with van der Waals surface area (Å²) in [6.45, 7) is 0. The average molecular weight is 286 g/mol. The van der Waals surface area contributed by atoms with Gasteiger partial charge in [-0.2, -0.15) is 13.2 Å². The van der Waals surface area contributed by atoms with E-state index < -0.39 is 11.7 Å². The molecule has 0 saturated heterocycles. The van der Waals surface area contributed by atoms with Crippen LogP contribution in [0.25, 0.3) is 0 Å². The SMILES string of the molecule is Nc1ccc(Cl)cc1Cc1ccccc1C(F)(F)F. The Kier molecular flexibility index (Phi) is 3.71. The molecule has 2 aromatic rings. The minimum absolute atomic E-state index is 0.0993. The topological polar surface area (TPSA) is 26.0 Å². The zero-order chi connectivity index (χ0) is 14.0. The first-order valence-electron chi connectivity index (χ1n) is 5.57. The predicted octanol–water partition coefficient (Wildman–Crippen LogP) is 4.53. The van der Waals surface area contributed by atoms with Gasteiger partial charge in [-0.1, -0.05) is 29.8 Å². The van der Waals surface area contributed by atoms with Crippen molar-refractivity contribution in [3.05, 3.63) is 64.2 Å². The second-order valence-corrected chi connectivity index (χ2v) is 4.61. The van der Waals surface area contributed by atoms with Crippen LogP contribution < -0.4 is 5.73 Å². The summed E-state index contributed by atoms with van der Waals surface area (Å²) in [5.74, 6) is 0. The molecule has 100 valence electrons. The molecule has 0 spiro atoms. The Morgan fingerprint density at radius 2 is 1.68 bits per heavy atom. The first-order valence-corrected chi connectivity index (χ1v) is 5.95. The highest BCUT2D eigenvalue weighted by Gasteiger charge is 2.32. The number of benzene rings is 2. The van der Waals surface area contributed by atoms with E-state index in [1.807, 2.05) is 0 Å². The van der Waals surface area contributed by atoms with Crippen molar-refractivity contribution in [2.24, 2.45) is 0 Å². The van der Waals surface area contributed by atoms with Crippen LogP contribution >= 0.6 is 11.6 Å². The minimum Gasteiger partial charge on any atom is -0.398 e. The van der Waals surface area contributed by atoms with Gasteiger partial charge >= 0.3 is 6.18 Å². The molecule has 19 heavy (non-hydrogen) atoms. The third-order valence-electron chi connectivity index (χ3n) is 2.81. The maximum absolute atomic E-state index is 12.9. The highest BCUT2D eigenvalue weighted by atomic mass is 35.5. The summed E-state index contributed by atoms with van der Waals surface area (Å²) in [6, 6.07) is 10.2. The summed E-state index contributed by atoms with van der Waals surface area (Å²) < 4.78 is 38.6. The van der Waals surface area contributed by atoms with E-state index in [0.717, 1.165) is 6.07 Å². The lowest BCUT2D eigenvalue weighted by atomic mass is 9.98. The van der Waals surface area contributed by atoms with E-state index in [2.05, 4.69) is 0 Å². The van der Waals surface area contributed by atoms with Crippen molar-refractivity contribution in [2.75, 3.05) is 5.73 Å². The van der Waals surface area contributed by atoms with Crippen LogP contribution in [0.3, 0.4) is 0 Å². The summed E-state index contributed by atoms with van der Waals surface area (Å²) in [6.07, 6.45) is -4.27. The molecule has 2 aromatic carbocycles. The molecule has 0 saturated carbocycles. The Bertz CT molecular complexity index is 593. The Morgan fingerprint density at radius 1 is 1.00 bits per heavy atom. The van der Waals surface area contributed by atoms with Gasteiger partial charge in [-0.15, -0.1) is 0 Å². The summed E-state index contributed by atoms with van der Waals surface area (Å²) in [7, 11) is 0. The lowest BCUT2D eigenvalue weighted by molar-refractivity contribution is -0.138. The summed E-state index contributed by atoms with van der Waals surface area (Å²) in [4.78, 5) is 0. The molecule has 0 aliphatic carbocycles. The molecule has 0 aliphatic rings. The molecule has 0 heterocycles. The number of nitrogens with two attached hydrogens (primary N) is 1. The smallest absolute Gasteiger partial charge is 0.398 e. The van der Waals surface area contributed by atoms with Gasteiger partial charge in [-0.3, -0.25) is 0 Å². The zero-order valence-corrected chi connectivity index (χ0v) is 10.6. The van der Waals surface area contributed by atoms with Gasteiger partial charge in [0, 0.05) is 17.1 Å². The molecule has 2 N–H and O–H groups in total. The first-order chi connectivity index (χ1) is 8.88. The van der Waals surface area contributed by atoms with Gasteiger partial charge in [0.2, 0.25) is 0 Å². The van der Waals surface area contributed by atoms with E-state index in [-0.39, 0.29) is 12.0 Å². The van der Waals surface area contributed by atoms with Gasteiger partial charge in [0.25, 0.3) is 0 Å². The van der Waals surface area contributed by atoms with Crippen LogP contribution in [-0.4, -0.2) is 0 Å². The van der Waals surface area contributed by atoms with E-state index in [4.69, 9.17) is 17.3 Å². The van der Waals surface area contributed by atoms with Gasteiger partial charge in [0.1, 0.15) is 0 Å². The Morgan fingerprint density at radius 3 is 2.37 bits per heavy atom. The maximum atomic E-state index is 12.9. The fourth-order valence-corrected chi connectivity index (χ4v) is 2.08. The molecule has 0 unspecified atom stereocenters. The molecule has 0 bridgehead atoms. The molecule has 0 atom stereocenters. The van der Waals surface area contributed by atoms with Crippen LogP contribution in [0.1, 0.15) is 16.7 Å². The molecular formula is C14H11ClF3N. The van der Waals surface area contributed by atoms with Crippen molar-refractivity contribution in [3.63, 3.8) is 0 Å². The van der Waals surface area contributed by atoms with Crippen LogP contribution in [0.5, 0.6) is 0 Å². The molecule has 5 heteroatoms. The summed E-state index contributed by atoms with van der Waals surface area (Å²) >= 11 is 5.83. The maximum Gasteiger partial charge on any atom is 0.416 e. The van der Waals surface area contributed by atoms with E-state index in [9.17, 15) is 13.2 Å². The number of hydrogen-bond donors (Lipinski definition) is 1. The van der Waals surface area contributed by atoms with Crippen LogP contribution in [0.4, 0.5) is 18.9 Å². The van der Waals surface area contributed by atoms with Crippen molar-refractivity contribution in [1.82, 2.24) is 0 Å². The van der Waals surface area contributed by atoms with Crippen molar-refractivity contribution in [1.29, 1.82) is 0 Å². The first kappa shape index (κ1) is 13.7. The Hall–Kier alpha value is -1.68. The second kappa shape index (κ2) is 5.13. The van der Waals surface area contributed by atoms with E-state index in [1.165, 1.54) is 12.1 Å². The fraction of sp³-hybridized carbons (Fsp3) is 0.143. The van der Waals surface area contributed by atoms with Gasteiger partial charge < -0.3 is 5.73 Å². The largest absolute Gasteiger partial charge is 0.416 e. The molecule has 0 amide bonds. The number of alkyl halides is 3. The second-order valence-electron chi connectivity index (χ2n) is 4.17. The fourth-order valence-electron chi connectivity index (χ4n) is 1.88.